The molecule has 0 radical (unpaired) electrons. The lowest BCUT2D eigenvalue weighted by atomic mass is 9.98. The Morgan fingerprint density at radius 2 is 2.14 bits per heavy atom. The molecule has 0 aliphatic carbocycles. The van der Waals surface area contributed by atoms with E-state index in [4.69, 9.17) is 11.6 Å². The molecule has 28 heavy (non-hydrogen) atoms. The molecular weight excluding hydrogens is 376 g/mol. The number of amides is 1. The number of carbonyl (C=O) groups is 1. The number of nitrogens with one attached hydrogen (secondary N) is 4. The Hall–Kier alpha value is -2.18. The molecule has 2 rings (SSSR count). The lowest BCUT2D eigenvalue weighted by molar-refractivity contribution is -0.119. The molecule has 0 aromatic heterocycles. The Bertz CT molecular complexity index is 733. The molecule has 0 fully saturated rings. The maximum Gasteiger partial charge on any atom is 0.267 e. The van der Waals surface area contributed by atoms with Crippen LogP contribution in [0.2, 0.25) is 5.02 Å². The molecule has 1 amide bonds. The zero-order valence-electron chi connectivity index (χ0n) is 16.9. The van der Waals surface area contributed by atoms with Crippen LogP contribution in [0.5, 0.6) is 0 Å². The van der Waals surface area contributed by atoms with Gasteiger partial charge in [-0.1, -0.05) is 36.7 Å². The van der Waals surface area contributed by atoms with Crippen LogP contribution in [-0.4, -0.2) is 29.8 Å². The Morgan fingerprint density at radius 1 is 1.39 bits per heavy atom. The molecule has 1 aromatic carbocycles. The van der Waals surface area contributed by atoms with Gasteiger partial charge in [-0.3, -0.25) is 4.79 Å². The maximum atomic E-state index is 12.8. The summed E-state index contributed by atoms with van der Waals surface area (Å²) in [6, 6.07) is 6.92. The summed E-state index contributed by atoms with van der Waals surface area (Å²) >= 11 is 6.03. The fourth-order valence-electron chi connectivity index (χ4n) is 3.03. The van der Waals surface area contributed by atoms with E-state index >= 15 is 0 Å². The van der Waals surface area contributed by atoms with E-state index in [1.54, 1.807) is 18.2 Å². The number of hydrogen-bond donors (Lipinski definition) is 5. The molecule has 0 saturated carbocycles. The molecule has 0 spiro atoms. The summed E-state index contributed by atoms with van der Waals surface area (Å²) in [7, 11) is 0. The van der Waals surface area contributed by atoms with Gasteiger partial charge in [0.25, 0.3) is 5.91 Å². The van der Waals surface area contributed by atoms with E-state index in [1.165, 1.54) is 0 Å². The number of carbonyl (C=O) groups excluding carboxylic acids is 1. The average molecular weight is 407 g/mol. The number of aliphatic hydroxyl groups is 1. The number of allylic oxidation sites excluding steroid dienone is 2. The first-order chi connectivity index (χ1) is 13.3. The van der Waals surface area contributed by atoms with Crippen LogP contribution in [0.3, 0.4) is 0 Å². The fraction of sp³-hybridized carbons (Fsp3) is 0.476. The third-order valence-corrected chi connectivity index (χ3v) is 4.84. The molecule has 1 unspecified atom stereocenters. The van der Waals surface area contributed by atoms with Gasteiger partial charge in [0.15, 0.2) is 0 Å². The van der Waals surface area contributed by atoms with Crippen molar-refractivity contribution in [1.82, 2.24) is 21.3 Å². The highest BCUT2D eigenvalue weighted by Crippen LogP contribution is 2.20. The molecule has 6 nitrogen and oxygen atoms in total. The predicted octanol–water partition coefficient (Wildman–Crippen LogP) is 2.78. The van der Waals surface area contributed by atoms with Crippen LogP contribution in [-0.2, 0) is 4.79 Å². The van der Waals surface area contributed by atoms with Crippen LogP contribution in [0.25, 0.3) is 0 Å². The molecule has 1 heterocycles. The van der Waals surface area contributed by atoms with E-state index in [2.05, 4.69) is 42.0 Å². The maximum absolute atomic E-state index is 12.8. The molecule has 0 saturated heterocycles. The van der Waals surface area contributed by atoms with E-state index < -0.39 is 6.04 Å². The summed E-state index contributed by atoms with van der Waals surface area (Å²) in [6.45, 7) is 8.03. The number of aliphatic hydroxyl groups excluding tert-OH is 1. The van der Waals surface area contributed by atoms with Gasteiger partial charge in [-0.25, -0.2) is 0 Å². The second-order valence-corrected chi connectivity index (χ2v) is 7.80. The number of rotatable bonds is 8. The third-order valence-electron chi connectivity index (χ3n) is 4.60. The van der Waals surface area contributed by atoms with Crippen molar-refractivity contribution in [3.63, 3.8) is 0 Å². The lowest BCUT2D eigenvalue weighted by Gasteiger charge is -2.33. The molecule has 0 bridgehead atoms. The second-order valence-electron chi connectivity index (χ2n) is 7.36. The highest BCUT2D eigenvalue weighted by Gasteiger charge is 2.26. The highest BCUT2D eigenvalue weighted by atomic mass is 35.5. The first-order valence-corrected chi connectivity index (χ1v) is 10.0. The minimum atomic E-state index is -0.520. The van der Waals surface area contributed by atoms with Gasteiger partial charge in [-0.15, -0.1) is 0 Å². The minimum absolute atomic E-state index is 0.0815. The summed E-state index contributed by atoms with van der Waals surface area (Å²) in [5.74, 6) is 0.978. The number of halogens is 1. The van der Waals surface area contributed by atoms with E-state index in [0.29, 0.717) is 22.7 Å². The summed E-state index contributed by atoms with van der Waals surface area (Å²) in [6.07, 6.45) is 4.57. The van der Waals surface area contributed by atoms with Gasteiger partial charge < -0.3 is 26.4 Å². The Kier molecular flexibility index (Phi) is 8.20. The van der Waals surface area contributed by atoms with E-state index in [0.717, 1.165) is 17.8 Å². The van der Waals surface area contributed by atoms with Gasteiger partial charge in [0.05, 0.1) is 24.2 Å². The van der Waals surface area contributed by atoms with Crippen molar-refractivity contribution < 1.29 is 9.90 Å². The van der Waals surface area contributed by atoms with Gasteiger partial charge in [0.1, 0.15) is 6.17 Å². The van der Waals surface area contributed by atoms with Crippen LogP contribution in [0, 0.1) is 5.92 Å². The van der Waals surface area contributed by atoms with Crippen molar-refractivity contribution in [2.24, 2.45) is 5.92 Å². The normalized spacial score (nSPS) is 20.8. The van der Waals surface area contributed by atoms with E-state index in [1.807, 2.05) is 25.1 Å². The fourth-order valence-corrected chi connectivity index (χ4v) is 3.22. The van der Waals surface area contributed by atoms with Crippen molar-refractivity contribution in [3.8, 4) is 0 Å². The molecule has 154 valence electrons. The van der Waals surface area contributed by atoms with Crippen LogP contribution >= 0.6 is 11.6 Å². The van der Waals surface area contributed by atoms with Crippen LogP contribution in [0.15, 0.2) is 47.9 Å². The standard InChI is InChI=1S/C21H31ClN4O2/c1-5-19(23-13(2)3)26-20-14(4)9-10-17(24-20)21(28)25-18(12-27)15-7-6-8-16(22)11-15/h5-8,10-11,13-14,18,20,23-24,26-27H,9,12H2,1-4H3,(H,25,28)/b19-5-/t14?,18-,20+/m1/s1. The SMILES string of the molecule is C/C=C(/NC(C)C)N[C@@H]1NC(C(=O)N[C@H](CO)c2cccc(Cl)c2)=CCC1C. The smallest absolute Gasteiger partial charge is 0.267 e. The number of benzene rings is 1. The van der Waals surface area contributed by atoms with Crippen LogP contribution in [0.1, 0.15) is 45.7 Å². The van der Waals surface area contributed by atoms with Crippen molar-refractivity contribution in [1.29, 1.82) is 0 Å². The third kappa shape index (κ3) is 6.17. The van der Waals surface area contributed by atoms with Gasteiger partial charge in [0, 0.05) is 11.1 Å². The molecule has 7 heteroatoms. The van der Waals surface area contributed by atoms with Gasteiger partial charge in [0.2, 0.25) is 0 Å². The predicted molar refractivity (Wildman–Crippen MR) is 113 cm³/mol. The molecule has 1 aliphatic rings. The molecule has 5 N–H and O–H groups in total. The molecule has 3 atom stereocenters. The summed E-state index contributed by atoms with van der Waals surface area (Å²) in [4.78, 5) is 12.8. The van der Waals surface area contributed by atoms with Gasteiger partial charge in [-0.2, -0.15) is 0 Å². The monoisotopic (exact) mass is 406 g/mol. The lowest BCUT2D eigenvalue weighted by Crippen LogP contribution is -2.52. The van der Waals surface area contributed by atoms with E-state index in [9.17, 15) is 9.90 Å². The molecular formula is C21H31ClN4O2. The summed E-state index contributed by atoms with van der Waals surface area (Å²) in [5, 5.41) is 23.2. The van der Waals surface area contributed by atoms with Gasteiger partial charge in [-0.05, 0) is 56.9 Å². The first kappa shape index (κ1) is 22.1. The Balaban J connectivity index is 2.04. The largest absolute Gasteiger partial charge is 0.394 e. The minimum Gasteiger partial charge on any atom is -0.394 e. The summed E-state index contributed by atoms with van der Waals surface area (Å²) < 4.78 is 0. The second kappa shape index (κ2) is 10.4. The van der Waals surface area contributed by atoms with Crippen molar-refractivity contribution in [2.75, 3.05) is 6.61 Å². The van der Waals surface area contributed by atoms with Crippen LogP contribution < -0.4 is 21.3 Å². The first-order valence-electron chi connectivity index (χ1n) is 9.67. The van der Waals surface area contributed by atoms with Crippen molar-refractivity contribution >= 4 is 17.5 Å². The Labute approximate surface area is 172 Å². The van der Waals surface area contributed by atoms with Gasteiger partial charge >= 0.3 is 0 Å². The summed E-state index contributed by atoms with van der Waals surface area (Å²) in [5.41, 5.74) is 1.26. The highest BCUT2D eigenvalue weighted by molar-refractivity contribution is 6.30. The zero-order valence-corrected chi connectivity index (χ0v) is 17.7. The van der Waals surface area contributed by atoms with Crippen molar-refractivity contribution in [2.45, 2.75) is 52.4 Å². The molecule has 1 aliphatic heterocycles. The quantitative estimate of drug-likeness (QED) is 0.458. The molecule has 1 aromatic rings. The van der Waals surface area contributed by atoms with Crippen LogP contribution in [0.4, 0.5) is 0 Å². The average Bonchev–Trinajstić information content (AvgIpc) is 2.66. The topological polar surface area (TPSA) is 85.4 Å². The number of hydrogen-bond acceptors (Lipinski definition) is 5. The zero-order chi connectivity index (χ0) is 20.7. The van der Waals surface area contributed by atoms with Crippen molar-refractivity contribution in [3.05, 3.63) is 58.5 Å². The van der Waals surface area contributed by atoms with E-state index in [-0.39, 0.29) is 18.7 Å². The Morgan fingerprint density at radius 3 is 2.75 bits per heavy atom.